The SMILES string of the molecule is CCOc1cc([C@@H](C)N(CCO[C@@H](C)c2ccccc2)C(=O)NC2(C(=O)O)CC(F)(F)C2)cc(OCC)c1C(C)=O. The van der Waals surface area contributed by atoms with Crippen LogP contribution in [0.2, 0.25) is 0 Å². The van der Waals surface area contributed by atoms with Crippen LogP contribution in [0.3, 0.4) is 0 Å². The highest BCUT2D eigenvalue weighted by atomic mass is 19.3. The van der Waals surface area contributed by atoms with Gasteiger partial charge in [-0.1, -0.05) is 30.3 Å². The van der Waals surface area contributed by atoms with E-state index in [0.717, 1.165) is 5.56 Å². The summed E-state index contributed by atoms with van der Waals surface area (Å²) < 4.78 is 44.9. The molecule has 2 atom stereocenters. The second kappa shape index (κ2) is 13.3. The fourth-order valence-corrected chi connectivity index (χ4v) is 4.94. The molecule has 224 valence electrons. The molecule has 0 saturated heterocycles. The number of ether oxygens (including phenoxy) is 3. The van der Waals surface area contributed by atoms with Crippen molar-refractivity contribution in [2.24, 2.45) is 0 Å². The maximum absolute atomic E-state index is 13.8. The lowest BCUT2D eigenvalue weighted by Gasteiger charge is -2.45. The van der Waals surface area contributed by atoms with Crippen molar-refractivity contribution in [2.75, 3.05) is 26.4 Å². The summed E-state index contributed by atoms with van der Waals surface area (Å²) in [6, 6.07) is 11.2. The number of nitrogens with one attached hydrogen (secondary N) is 1. The number of hydrogen-bond donors (Lipinski definition) is 2. The Kier molecular flexibility index (Phi) is 10.3. The molecule has 1 saturated carbocycles. The molecule has 2 amide bonds. The van der Waals surface area contributed by atoms with Crippen LogP contribution >= 0.6 is 0 Å². The average molecular weight is 577 g/mol. The summed E-state index contributed by atoms with van der Waals surface area (Å²) in [5.41, 5.74) is -0.346. The molecule has 2 aromatic carbocycles. The summed E-state index contributed by atoms with van der Waals surface area (Å²) >= 11 is 0. The highest BCUT2D eigenvalue weighted by molar-refractivity contribution is 6.00. The first kappa shape index (κ1) is 31.8. The number of carboxylic acid groups (broad SMARTS) is 1. The van der Waals surface area contributed by atoms with Crippen molar-refractivity contribution in [1.82, 2.24) is 10.2 Å². The first-order chi connectivity index (χ1) is 19.3. The number of nitrogens with zero attached hydrogens (tertiary/aromatic N) is 1. The van der Waals surface area contributed by atoms with Gasteiger partial charge in [-0.15, -0.1) is 0 Å². The van der Waals surface area contributed by atoms with Crippen LogP contribution in [0.15, 0.2) is 42.5 Å². The number of halogens is 2. The minimum atomic E-state index is -3.18. The third-order valence-corrected chi connectivity index (χ3v) is 7.10. The molecule has 1 aliphatic carbocycles. The van der Waals surface area contributed by atoms with Crippen molar-refractivity contribution in [3.8, 4) is 11.5 Å². The molecule has 0 aliphatic heterocycles. The van der Waals surface area contributed by atoms with Crippen LogP contribution in [0.1, 0.15) is 81.1 Å². The van der Waals surface area contributed by atoms with E-state index in [1.54, 1.807) is 32.9 Å². The zero-order valence-electron chi connectivity index (χ0n) is 24.0. The largest absolute Gasteiger partial charge is 0.493 e. The van der Waals surface area contributed by atoms with Gasteiger partial charge in [0.1, 0.15) is 17.1 Å². The number of aliphatic carboxylic acids is 1. The smallest absolute Gasteiger partial charge is 0.329 e. The lowest BCUT2D eigenvalue weighted by atomic mass is 9.73. The molecule has 0 heterocycles. The Morgan fingerprint density at radius 3 is 2.02 bits per heavy atom. The van der Waals surface area contributed by atoms with Crippen LogP contribution in [0.5, 0.6) is 11.5 Å². The molecule has 11 heteroatoms. The number of hydrogen-bond acceptors (Lipinski definition) is 6. The summed E-state index contributed by atoms with van der Waals surface area (Å²) in [4.78, 5) is 39.2. The molecule has 1 fully saturated rings. The van der Waals surface area contributed by atoms with Crippen LogP contribution in [-0.2, 0) is 9.53 Å². The van der Waals surface area contributed by atoms with E-state index in [4.69, 9.17) is 14.2 Å². The molecule has 2 aromatic rings. The molecule has 0 bridgehead atoms. The van der Waals surface area contributed by atoms with Gasteiger partial charge in [-0.25, -0.2) is 18.4 Å². The Labute approximate surface area is 238 Å². The summed E-state index contributed by atoms with van der Waals surface area (Å²) in [5.74, 6) is -4.41. The summed E-state index contributed by atoms with van der Waals surface area (Å²) in [7, 11) is 0. The van der Waals surface area contributed by atoms with Gasteiger partial charge in [-0.2, -0.15) is 0 Å². The second-order valence-corrected chi connectivity index (χ2v) is 10.1. The third-order valence-electron chi connectivity index (χ3n) is 7.10. The van der Waals surface area contributed by atoms with Gasteiger partial charge in [0, 0.05) is 19.4 Å². The number of carbonyl (C=O) groups excluding carboxylic acids is 2. The molecular weight excluding hydrogens is 538 g/mol. The second-order valence-electron chi connectivity index (χ2n) is 10.1. The minimum Gasteiger partial charge on any atom is -0.493 e. The number of alkyl halides is 2. The van der Waals surface area contributed by atoms with Crippen molar-refractivity contribution in [2.45, 2.75) is 71.1 Å². The number of benzene rings is 2. The van der Waals surface area contributed by atoms with E-state index >= 15 is 0 Å². The number of amides is 2. The van der Waals surface area contributed by atoms with Gasteiger partial charge in [0.15, 0.2) is 11.3 Å². The lowest BCUT2D eigenvalue weighted by Crippen LogP contribution is -2.68. The predicted molar refractivity (Wildman–Crippen MR) is 148 cm³/mol. The molecule has 0 aromatic heterocycles. The van der Waals surface area contributed by atoms with Crippen molar-refractivity contribution in [3.05, 3.63) is 59.2 Å². The molecule has 9 nitrogen and oxygen atoms in total. The Morgan fingerprint density at radius 1 is 1.00 bits per heavy atom. The Hall–Kier alpha value is -3.73. The Bertz CT molecular complexity index is 1200. The van der Waals surface area contributed by atoms with E-state index in [1.807, 2.05) is 37.3 Å². The van der Waals surface area contributed by atoms with Gasteiger partial charge < -0.3 is 29.5 Å². The number of carboxylic acids is 1. The van der Waals surface area contributed by atoms with Crippen molar-refractivity contribution < 1.29 is 42.5 Å². The quantitative estimate of drug-likeness (QED) is 0.274. The minimum absolute atomic E-state index is 0.0126. The van der Waals surface area contributed by atoms with E-state index in [-0.39, 0.29) is 55.3 Å². The lowest BCUT2D eigenvalue weighted by molar-refractivity contribution is -0.175. The molecule has 41 heavy (non-hydrogen) atoms. The van der Waals surface area contributed by atoms with Crippen LogP contribution in [-0.4, -0.2) is 65.6 Å². The first-order valence-electron chi connectivity index (χ1n) is 13.6. The fraction of sp³-hybridized carbons (Fsp3) is 0.500. The molecular formula is C30H38F2N2O7. The highest BCUT2D eigenvalue weighted by Crippen LogP contribution is 2.46. The van der Waals surface area contributed by atoms with Crippen LogP contribution < -0.4 is 14.8 Å². The van der Waals surface area contributed by atoms with E-state index in [2.05, 4.69) is 5.32 Å². The van der Waals surface area contributed by atoms with Gasteiger partial charge in [0.25, 0.3) is 5.92 Å². The summed E-state index contributed by atoms with van der Waals surface area (Å²) in [6.07, 6.45) is -2.29. The van der Waals surface area contributed by atoms with Crippen LogP contribution in [0, 0.1) is 0 Å². The standard InChI is InChI=1S/C30H38F2N2O7/c1-6-39-24-15-23(16-25(40-7-2)26(24)20(4)35)19(3)34(13-14-41-21(5)22-11-9-8-10-12-22)28(38)33-29(27(36)37)17-30(31,32)18-29/h8-12,15-16,19,21H,6-7,13-14,17-18H2,1-5H3,(H,33,38)(H,36,37)/t19-,21+/m1/s1. The Morgan fingerprint density at radius 2 is 1.56 bits per heavy atom. The fourth-order valence-electron chi connectivity index (χ4n) is 4.94. The van der Waals surface area contributed by atoms with Gasteiger partial charge in [-0.05, 0) is 57.9 Å². The van der Waals surface area contributed by atoms with Gasteiger partial charge in [-0.3, -0.25) is 4.79 Å². The monoisotopic (exact) mass is 576 g/mol. The van der Waals surface area contributed by atoms with E-state index in [0.29, 0.717) is 5.56 Å². The van der Waals surface area contributed by atoms with Crippen molar-refractivity contribution >= 4 is 17.8 Å². The summed E-state index contributed by atoms with van der Waals surface area (Å²) in [6.45, 7) is 9.14. The van der Waals surface area contributed by atoms with E-state index in [1.165, 1.54) is 11.8 Å². The predicted octanol–water partition coefficient (Wildman–Crippen LogP) is 5.79. The molecule has 3 rings (SSSR count). The normalized spacial score (nSPS) is 16.6. The third kappa shape index (κ3) is 7.52. The zero-order chi connectivity index (χ0) is 30.4. The molecule has 0 radical (unpaired) electrons. The van der Waals surface area contributed by atoms with Crippen LogP contribution in [0.25, 0.3) is 0 Å². The molecule has 0 spiro atoms. The van der Waals surface area contributed by atoms with E-state index in [9.17, 15) is 28.3 Å². The van der Waals surface area contributed by atoms with Gasteiger partial charge >= 0.3 is 12.0 Å². The molecule has 1 aliphatic rings. The highest BCUT2D eigenvalue weighted by Gasteiger charge is 2.62. The van der Waals surface area contributed by atoms with Crippen molar-refractivity contribution in [3.63, 3.8) is 0 Å². The Balaban J connectivity index is 1.94. The maximum atomic E-state index is 13.8. The van der Waals surface area contributed by atoms with Crippen LogP contribution in [0.4, 0.5) is 13.6 Å². The first-order valence-corrected chi connectivity index (χ1v) is 13.6. The van der Waals surface area contributed by atoms with E-state index < -0.39 is 42.3 Å². The zero-order valence-corrected chi connectivity index (χ0v) is 24.0. The van der Waals surface area contributed by atoms with Gasteiger partial charge in [0.2, 0.25) is 0 Å². The summed E-state index contributed by atoms with van der Waals surface area (Å²) in [5, 5.41) is 12.0. The number of Topliss-reactive ketones (excluding diaryl/α,β-unsaturated/α-hetero) is 1. The molecule has 2 N–H and O–H groups in total. The van der Waals surface area contributed by atoms with Gasteiger partial charge in [0.05, 0.1) is 32.0 Å². The average Bonchev–Trinajstić information content (AvgIpc) is 2.89. The number of ketones is 1. The van der Waals surface area contributed by atoms with Crippen molar-refractivity contribution in [1.29, 1.82) is 0 Å². The molecule has 0 unspecified atom stereocenters. The maximum Gasteiger partial charge on any atom is 0.329 e. The number of rotatable bonds is 14. The topological polar surface area (TPSA) is 114 Å². The number of carbonyl (C=O) groups is 3. The number of urea groups is 1.